The first-order chi connectivity index (χ1) is 9.70. The maximum absolute atomic E-state index is 13.8. The van der Waals surface area contributed by atoms with Gasteiger partial charge in [-0.25, -0.2) is 12.8 Å². The first kappa shape index (κ1) is 15.5. The first-order valence-corrected chi connectivity index (χ1v) is 8.06. The molecule has 5 heteroatoms. The Morgan fingerprint density at radius 2 is 1.48 bits per heavy atom. The van der Waals surface area contributed by atoms with Gasteiger partial charge in [0.25, 0.3) is 10.0 Å². The number of sulfonamides is 1. The van der Waals surface area contributed by atoms with Gasteiger partial charge in [0, 0.05) is 0 Å². The second kappa shape index (κ2) is 5.48. The molecule has 0 atom stereocenters. The second-order valence-corrected chi connectivity index (χ2v) is 6.94. The zero-order chi connectivity index (χ0) is 15.8. The van der Waals surface area contributed by atoms with Gasteiger partial charge in [-0.2, -0.15) is 0 Å². The third kappa shape index (κ3) is 3.24. The summed E-state index contributed by atoms with van der Waals surface area (Å²) < 4.78 is 41.2. The Morgan fingerprint density at radius 3 is 2.00 bits per heavy atom. The molecule has 0 saturated carbocycles. The van der Waals surface area contributed by atoms with Gasteiger partial charge >= 0.3 is 0 Å². The molecule has 0 saturated heterocycles. The summed E-state index contributed by atoms with van der Waals surface area (Å²) in [5, 5.41) is 0. The highest BCUT2D eigenvalue weighted by atomic mass is 32.2. The summed E-state index contributed by atoms with van der Waals surface area (Å²) in [5.41, 5.74) is 2.98. The van der Waals surface area contributed by atoms with E-state index in [0.717, 1.165) is 11.1 Å². The molecule has 0 aliphatic carbocycles. The van der Waals surface area contributed by atoms with Gasteiger partial charge in [-0.3, -0.25) is 4.72 Å². The van der Waals surface area contributed by atoms with Crippen LogP contribution in [0.4, 0.5) is 10.1 Å². The third-order valence-corrected chi connectivity index (χ3v) is 4.91. The lowest BCUT2D eigenvalue weighted by Crippen LogP contribution is -2.16. The zero-order valence-electron chi connectivity index (χ0n) is 12.5. The number of nitrogens with one attached hydrogen (secondary N) is 1. The third-order valence-electron chi connectivity index (χ3n) is 3.24. The van der Waals surface area contributed by atoms with E-state index in [1.54, 1.807) is 39.0 Å². The smallest absolute Gasteiger partial charge is 0.262 e. The van der Waals surface area contributed by atoms with Crippen LogP contribution in [-0.4, -0.2) is 8.42 Å². The molecule has 0 aromatic heterocycles. The molecule has 0 aliphatic rings. The molecule has 0 bridgehead atoms. The number of halogens is 1. The van der Waals surface area contributed by atoms with Crippen molar-refractivity contribution >= 4 is 15.7 Å². The molecular weight excluding hydrogens is 289 g/mol. The van der Waals surface area contributed by atoms with Crippen LogP contribution in [0.25, 0.3) is 0 Å². The Labute approximate surface area is 124 Å². The molecule has 0 heterocycles. The molecule has 0 spiro atoms. The van der Waals surface area contributed by atoms with E-state index in [1.165, 1.54) is 12.1 Å². The molecule has 2 aromatic carbocycles. The molecule has 112 valence electrons. The van der Waals surface area contributed by atoms with Crippen LogP contribution < -0.4 is 4.72 Å². The number of hydrogen-bond donors (Lipinski definition) is 1. The van der Waals surface area contributed by atoms with Gasteiger partial charge in [0.15, 0.2) is 0 Å². The molecule has 3 nitrogen and oxygen atoms in total. The minimum Gasteiger partial charge on any atom is -0.277 e. The Kier molecular flexibility index (Phi) is 4.05. The molecule has 0 amide bonds. The van der Waals surface area contributed by atoms with E-state index in [2.05, 4.69) is 4.72 Å². The molecule has 0 unspecified atom stereocenters. The van der Waals surface area contributed by atoms with Gasteiger partial charge in [0.05, 0.1) is 10.6 Å². The SMILES string of the molecule is Cc1cc(C)c(S(=O)(=O)Nc2ccc(C)cc2F)c(C)c1. The maximum Gasteiger partial charge on any atom is 0.262 e. The predicted octanol–water partition coefficient (Wildman–Crippen LogP) is 3.86. The topological polar surface area (TPSA) is 46.2 Å². The lowest BCUT2D eigenvalue weighted by Gasteiger charge is -2.14. The molecule has 0 radical (unpaired) electrons. The van der Waals surface area contributed by atoms with Crippen LogP contribution in [0.5, 0.6) is 0 Å². The summed E-state index contributed by atoms with van der Waals surface area (Å²) >= 11 is 0. The van der Waals surface area contributed by atoms with Crippen molar-refractivity contribution in [2.75, 3.05) is 4.72 Å². The van der Waals surface area contributed by atoms with Crippen molar-refractivity contribution in [2.24, 2.45) is 0 Å². The zero-order valence-corrected chi connectivity index (χ0v) is 13.3. The van der Waals surface area contributed by atoms with E-state index >= 15 is 0 Å². The molecule has 2 aromatic rings. The van der Waals surface area contributed by atoms with Crippen molar-refractivity contribution < 1.29 is 12.8 Å². The minimum absolute atomic E-state index is 0.0417. The van der Waals surface area contributed by atoms with Crippen molar-refractivity contribution in [3.8, 4) is 0 Å². The van der Waals surface area contributed by atoms with Crippen LogP contribution in [0.15, 0.2) is 35.2 Å². The quantitative estimate of drug-likeness (QED) is 0.936. The van der Waals surface area contributed by atoms with Crippen LogP contribution in [-0.2, 0) is 10.0 Å². The van der Waals surface area contributed by atoms with Gasteiger partial charge in [-0.05, 0) is 56.5 Å². The maximum atomic E-state index is 13.8. The largest absolute Gasteiger partial charge is 0.277 e. The van der Waals surface area contributed by atoms with Gasteiger partial charge in [-0.1, -0.05) is 23.8 Å². The van der Waals surface area contributed by atoms with Crippen molar-refractivity contribution in [3.05, 3.63) is 58.4 Å². The van der Waals surface area contributed by atoms with Gasteiger partial charge < -0.3 is 0 Å². The Balaban J connectivity index is 2.48. The van der Waals surface area contributed by atoms with E-state index in [9.17, 15) is 12.8 Å². The highest BCUT2D eigenvalue weighted by molar-refractivity contribution is 7.92. The predicted molar refractivity (Wildman–Crippen MR) is 82.6 cm³/mol. The first-order valence-electron chi connectivity index (χ1n) is 6.57. The summed E-state index contributed by atoms with van der Waals surface area (Å²) in [4.78, 5) is 0.202. The summed E-state index contributed by atoms with van der Waals surface area (Å²) in [6.45, 7) is 7.12. The Bertz CT molecular complexity index is 775. The lowest BCUT2D eigenvalue weighted by atomic mass is 10.1. The van der Waals surface area contributed by atoms with Crippen LogP contribution >= 0.6 is 0 Å². The average Bonchev–Trinajstić information content (AvgIpc) is 2.30. The molecule has 2 rings (SSSR count). The van der Waals surface area contributed by atoms with E-state index in [-0.39, 0.29) is 10.6 Å². The highest BCUT2D eigenvalue weighted by Gasteiger charge is 2.21. The summed E-state index contributed by atoms with van der Waals surface area (Å²) in [5.74, 6) is -0.582. The van der Waals surface area contributed by atoms with E-state index in [4.69, 9.17) is 0 Å². The van der Waals surface area contributed by atoms with Gasteiger partial charge in [-0.15, -0.1) is 0 Å². The number of rotatable bonds is 3. The van der Waals surface area contributed by atoms with E-state index < -0.39 is 15.8 Å². The minimum atomic E-state index is -3.82. The normalized spacial score (nSPS) is 11.5. The fourth-order valence-electron chi connectivity index (χ4n) is 2.49. The molecule has 0 aliphatic heterocycles. The van der Waals surface area contributed by atoms with Crippen LogP contribution in [0, 0.1) is 33.5 Å². The van der Waals surface area contributed by atoms with Crippen LogP contribution in [0.2, 0.25) is 0 Å². The van der Waals surface area contributed by atoms with Crippen molar-refractivity contribution in [1.82, 2.24) is 0 Å². The molecule has 0 fully saturated rings. The fraction of sp³-hybridized carbons (Fsp3) is 0.250. The Morgan fingerprint density at radius 1 is 0.905 bits per heavy atom. The fourth-order valence-corrected chi connectivity index (χ4v) is 4.01. The molecule has 1 N–H and O–H groups in total. The monoisotopic (exact) mass is 307 g/mol. The molecular formula is C16H18FNO2S. The van der Waals surface area contributed by atoms with E-state index in [0.29, 0.717) is 11.1 Å². The average molecular weight is 307 g/mol. The standard InChI is InChI=1S/C16H18FNO2S/c1-10-5-6-15(14(17)9-10)18-21(19,20)16-12(3)7-11(2)8-13(16)4/h5-9,18H,1-4H3. The number of aryl methyl sites for hydroxylation is 4. The van der Waals surface area contributed by atoms with Crippen molar-refractivity contribution in [1.29, 1.82) is 0 Å². The van der Waals surface area contributed by atoms with Crippen molar-refractivity contribution in [3.63, 3.8) is 0 Å². The number of hydrogen-bond acceptors (Lipinski definition) is 2. The second-order valence-electron chi connectivity index (χ2n) is 5.32. The summed E-state index contributed by atoms with van der Waals surface area (Å²) in [6.07, 6.45) is 0. The lowest BCUT2D eigenvalue weighted by molar-refractivity contribution is 0.597. The summed E-state index contributed by atoms with van der Waals surface area (Å²) in [6, 6.07) is 7.99. The van der Waals surface area contributed by atoms with Crippen molar-refractivity contribution in [2.45, 2.75) is 32.6 Å². The van der Waals surface area contributed by atoms with Crippen LogP contribution in [0.1, 0.15) is 22.3 Å². The molecule has 21 heavy (non-hydrogen) atoms. The summed E-state index contributed by atoms with van der Waals surface area (Å²) in [7, 11) is -3.82. The highest BCUT2D eigenvalue weighted by Crippen LogP contribution is 2.25. The Hall–Kier alpha value is -1.88. The number of benzene rings is 2. The van der Waals surface area contributed by atoms with Gasteiger partial charge in [0.1, 0.15) is 5.82 Å². The van der Waals surface area contributed by atoms with Gasteiger partial charge in [0.2, 0.25) is 0 Å². The van der Waals surface area contributed by atoms with E-state index in [1.807, 2.05) is 6.92 Å². The van der Waals surface area contributed by atoms with Crippen LogP contribution in [0.3, 0.4) is 0 Å². The number of anilines is 1.